The highest BCUT2D eigenvalue weighted by Crippen LogP contribution is 2.46. The fourth-order valence-electron chi connectivity index (χ4n) is 3.87. The second kappa shape index (κ2) is 6.88. The molecule has 0 amide bonds. The predicted molar refractivity (Wildman–Crippen MR) is 89.1 cm³/mol. The number of ketones is 3. The van der Waals surface area contributed by atoms with Crippen molar-refractivity contribution >= 4 is 23.3 Å². The molecular weight excluding hydrogens is 324 g/mol. The van der Waals surface area contributed by atoms with E-state index in [-0.39, 0.29) is 23.8 Å². The van der Waals surface area contributed by atoms with Crippen molar-refractivity contribution in [1.82, 2.24) is 0 Å². The summed E-state index contributed by atoms with van der Waals surface area (Å²) < 4.78 is 4.65. The molecule has 0 heterocycles. The van der Waals surface area contributed by atoms with Gasteiger partial charge in [0.1, 0.15) is 17.3 Å². The van der Waals surface area contributed by atoms with Gasteiger partial charge in [-0.3, -0.25) is 14.4 Å². The number of aliphatic hydroxyl groups is 1. The van der Waals surface area contributed by atoms with E-state index in [4.69, 9.17) is 0 Å². The quantitative estimate of drug-likeness (QED) is 0.658. The zero-order chi connectivity index (χ0) is 18.9. The molecule has 1 aliphatic rings. The molecule has 6 heteroatoms. The largest absolute Gasteiger partial charge is 0.465 e. The highest BCUT2D eigenvalue weighted by atomic mass is 16.5. The van der Waals surface area contributed by atoms with Gasteiger partial charge in [-0.25, -0.2) is 4.79 Å². The first-order valence-corrected chi connectivity index (χ1v) is 8.04. The Bertz CT molecular complexity index is 716. The van der Waals surface area contributed by atoms with Crippen molar-refractivity contribution in [2.24, 2.45) is 11.8 Å². The number of rotatable bonds is 4. The third-order valence-electron chi connectivity index (χ3n) is 4.86. The lowest BCUT2D eigenvalue weighted by molar-refractivity contribution is -0.151. The van der Waals surface area contributed by atoms with Crippen LogP contribution in [0.5, 0.6) is 0 Å². The Kier molecular flexibility index (Phi) is 5.23. The first kappa shape index (κ1) is 19.0. The van der Waals surface area contributed by atoms with Crippen molar-refractivity contribution in [3.8, 4) is 0 Å². The van der Waals surface area contributed by atoms with Crippen LogP contribution in [0.2, 0.25) is 0 Å². The minimum Gasteiger partial charge on any atom is -0.465 e. The molecule has 0 aromatic heterocycles. The third kappa shape index (κ3) is 3.54. The number of hydrogen-bond acceptors (Lipinski definition) is 6. The van der Waals surface area contributed by atoms with Crippen LogP contribution in [0.4, 0.5) is 0 Å². The Morgan fingerprint density at radius 2 is 1.68 bits per heavy atom. The van der Waals surface area contributed by atoms with E-state index in [1.54, 1.807) is 12.1 Å². The average Bonchev–Trinajstić information content (AvgIpc) is 2.51. The maximum absolute atomic E-state index is 12.5. The number of ether oxygens (including phenoxy) is 1. The minimum atomic E-state index is -1.53. The molecule has 6 nitrogen and oxygen atoms in total. The van der Waals surface area contributed by atoms with Gasteiger partial charge >= 0.3 is 5.97 Å². The van der Waals surface area contributed by atoms with Crippen LogP contribution in [-0.2, 0) is 19.1 Å². The number of hydrogen-bond donors (Lipinski definition) is 1. The first-order chi connectivity index (χ1) is 11.6. The molecule has 1 aromatic rings. The normalized spacial score (nSPS) is 29.2. The van der Waals surface area contributed by atoms with Gasteiger partial charge in [-0.05, 0) is 38.5 Å². The van der Waals surface area contributed by atoms with Gasteiger partial charge < -0.3 is 9.84 Å². The number of esters is 1. The van der Waals surface area contributed by atoms with Crippen molar-refractivity contribution in [2.75, 3.05) is 7.11 Å². The standard InChI is InChI=1S/C19H22O6/c1-10(20)15-14(22)9-19(3,24)17(11(2)21)16(15)12-5-7-13(8-6-12)18(23)25-4/h5-8,15-17,24H,9H2,1-4H3/t15-,16-,17-,19-/m1/s1. The van der Waals surface area contributed by atoms with E-state index in [1.165, 1.54) is 40.0 Å². The smallest absolute Gasteiger partial charge is 0.337 e. The van der Waals surface area contributed by atoms with E-state index in [0.717, 1.165) is 0 Å². The number of carbonyl (C=O) groups excluding carboxylic acids is 4. The van der Waals surface area contributed by atoms with Crippen molar-refractivity contribution in [3.63, 3.8) is 0 Å². The summed E-state index contributed by atoms with van der Waals surface area (Å²) in [4.78, 5) is 48.4. The van der Waals surface area contributed by atoms with E-state index in [0.29, 0.717) is 11.1 Å². The van der Waals surface area contributed by atoms with Crippen LogP contribution in [0.3, 0.4) is 0 Å². The van der Waals surface area contributed by atoms with Gasteiger partial charge in [0.05, 0.1) is 30.1 Å². The van der Waals surface area contributed by atoms with Gasteiger partial charge in [-0.15, -0.1) is 0 Å². The molecule has 134 valence electrons. The Morgan fingerprint density at radius 3 is 2.12 bits per heavy atom. The second-order valence-corrected chi connectivity index (χ2v) is 6.82. The zero-order valence-corrected chi connectivity index (χ0v) is 14.7. The van der Waals surface area contributed by atoms with Gasteiger partial charge in [0.2, 0.25) is 0 Å². The Labute approximate surface area is 146 Å². The van der Waals surface area contributed by atoms with Gasteiger partial charge in [0, 0.05) is 12.3 Å². The molecule has 1 saturated carbocycles. The van der Waals surface area contributed by atoms with Crippen LogP contribution < -0.4 is 0 Å². The van der Waals surface area contributed by atoms with Crippen molar-refractivity contribution in [2.45, 2.75) is 38.7 Å². The van der Waals surface area contributed by atoms with Crippen molar-refractivity contribution in [1.29, 1.82) is 0 Å². The molecule has 0 spiro atoms. The number of benzene rings is 1. The summed E-state index contributed by atoms with van der Waals surface area (Å²) in [6.45, 7) is 4.11. The summed E-state index contributed by atoms with van der Waals surface area (Å²) in [5.41, 5.74) is -0.652. The predicted octanol–water partition coefficient (Wildman–Crippen LogP) is 1.69. The van der Waals surface area contributed by atoms with Gasteiger partial charge in [0.15, 0.2) is 0 Å². The maximum Gasteiger partial charge on any atom is 0.337 e. The Hall–Kier alpha value is -2.34. The maximum atomic E-state index is 12.5. The molecule has 1 fully saturated rings. The van der Waals surface area contributed by atoms with E-state index in [1.807, 2.05) is 0 Å². The summed E-state index contributed by atoms with van der Waals surface area (Å²) in [6.07, 6.45) is -0.238. The molecule has 25 heavy (non-hydrogen) atoms. The van der Waals surface area contributed by atoms with Crippen LogP contribution in [0.25, 0.3) is 0 Å². The molecule has 0 radical (unpaired) electrons. The van der Waals surface area contributed by atoms with E-state index in [2.05, 4.69) is 4.74 Å². The molecule has 0 bridgehead atoms. The minimum absolute atomic E-state index is 0.238. The molecule has 4 atom stereocenters. The topological polar surface area (TPSA) is 97.7 Å². The van der Waals surface area contributed by atoms with Crippen LogP contribution in [0.1, 0.15) is 49.0 Å². The molecule has 0 unspecified atom stereocenters. The molecular formula is C19H22O6. The Morgan fingerprint density at radius 1 is 1.12 bits per heavy atom. The molecule has 0 aliphatic heterocycles. The van der Waals surface area contributed by atoms with E-state index >= 15 is 0 Å². The van der Waals surface area contributed by atoms with Crippen LogP contribution >= 0.6 is 0 Å². The highest BCUT2D eigenvalue weighted by Gasteiger charge is 2.53. The zero-order valence-electron chi connectivity index (χ0n) is 14.7. The van der Waals surface area contributed by atoms with Gasteiger partial charge in [-0.1, -0.05) is 12.1 Å². The number of methoxy groups -OCH3 is 1. The average molecular weight is 346 g/mol. The van der Waals surface area contributed by atoms with Crippen molar-refractivity contribution in [3.05, 3.63) is 35.4 Å². The van der Waals surface area contributed by atoms with Crippen LogP contribution in [0.15, 0.2) is 24.3 Å². The van der Waals surface area contributed by atoms with Crippen molar-refractivity contribution < 1.29 is 29.0 Å². The monoisotopic (exact) mass is 346 g/mol. The highest BCUT2D eigenvalue weighted by molar-refractivity contribution is 6.05. The van der Waals surface area contributed by atoms with E-state index in [9.17, 15) is 24.3 Å². The summed E-state index contributed by atoms with van der Waals surface area (Å²) >= 11 is 0. The second-order valence-electron chi connectivity index (χ2n) is 6.82. The lowest BCUT2D eigenvalue weighted by Crippen LogP contribution is -2.53. The summed E-state index contributed by atoms with van der Waals surface area (Å²) in [7, 11) is 1.27. The number of Topliss-reactive ketones (excluding diaryl/α,β-unsaturated/α-hetero) is 3. The van der Waals surface area contributed by atoms with Crippen LogP contribution in [0, 0.1) is 11.8 Å². The van der Waals surface area contributed by atoms with E-state index < -0.39 is 29.3 Å². The van der Waals surface area contributed by atoms with Gasteiger partial charge in [-0.2, -0.15) is 0 Å². The van der Waals surface area contributed by atoms with Crippen LogP contribution in [-0.4, -0.2) is 41.1 Å². The summed E-state index contributed by atoms with van der Waals surface area (Å²) in [5, 5.41) is 10.7. The van der Waals surface area contributed by atoms with Gasteiger partial charge in [0.25, 0.3) is 0 Å². The summed E-state index contributed by atoms with van der Waals surface area (Å²) in [6, 6.07) is 6.22. The number of carbonyl (C=O) groups is 4. The third-order valence-corrected chi connectivity index (χ3v) is 4.86. The molecule has 1 aromatic carbocycles. The SMILES string of the molecule is COC(=O)c1ccc([C@@H]2[C@H](C(C)=O)C(=O)C[C@@](C)(O)[C@@H]2C(C)=O)cc1. The first-order valence-electron chi connectivity index (χ1n) is 8.04. The lowest BCUT2D eigenvalue weighted by atomic mass is 9.60. The molecule has 0 saturated heterocycles. The molecule has 2 rings (SSSR count). The summed E-state index contributed by atoms with van der Waals surface area (Å²) in [5.74, 6) is -4.15. The lowest BCUT2D eigenvalue weighted by Gasteiger charge is -2.44. The fraction of sp³-hybridized carbons (Fsp3) is 0.474. The fourth-order valence-corrected chi connectivity index (χ4v) is 3.87. The molecule has 1 aliphatic carbocycles. The molecule has 1 N–H and O–H groups in total. The Balaban J connectivity index is 2.56.